The summed E-state index contributed by atoms with van der Waals surface area (Å²) in [7, 11) is 0. The van der Waals surface area contributed by atoms with Crippen LogP contribution >= 0.6 is 27.3 Å². The maximum Gasteiger partial charge on any atom is 0.0674 e. The Morgan fingerprint density at radius 3 is 3.05 bits per heavy atom. The molecule has 3 atom stereocenters. The van der Waals surface area contributed by atoms with Gasteiger partial charge in [0.15, 0.2) is 0 Å². The van der Waals surface area contributed by atoms with E-state index in [0.29, 0.717) is 6.04 Å². The topological polar surface area (TPSA) is 38.5 Å². The van der Waals surface area contributed by atoms with E-state index in [1.807, 2.05) is 0 Å². The molecule has 0 spiro atoms. The molecule has 0 aliphatic carbocycles. The molecule has 1 aromatic rings. The SMILES string of the molecule is CCC(N)C(c1cc(Br)cs1)N1CCCOC(C)C1. The number of halogens is 1. The average Bonchev–Trinajstić information content (AvgIpc) is 2.68. The predicted octanol–water partition coefficient (Wildman–Crippen LogP) is 3.40. The van der Waals surface area contributed by atoms with Gasteiger partial charge in [-0.05, 0) is 41.8 Å². The van der Waals surface area contributed by atoms with Gasteiger partial charge in [0.1, 0.15) is 0 Å². The van der Waals surface area contributed by atoms with Crippen LogP contribution in [0.1, 0.15) is 37.6 Å². The molecule has 2 N–H and O–H groups in total. The van der Waals surface area contributed by atoms with Gasteiger partial charge in [-0.2, -0.15) is 0 Å². The number of hydrogen-bond acceptors (Lipinski definition) is 4. The van der Waals surface area contributed by atoms with Gasteiger partial charge >= 0.3 is 0 Å². The fourth-order valence-electron chi connectivity index (χ4n) is 2.65. The van der Waals surface area contributed by atoms with Gasteiger partial charge in [0, 0.05) is 40.5 Å². The van der Waals surface area contributed by atoms with Gasteiger partial charge in [0.2, 0.25) is 0 Å². The molecule has 1 fully saturated rings. The Hall–Kier alpha value is 0.0600. The summed E-state index contributed by atoms with van der Waals surface area (Å²) in [5.74, 6) is 0. The second kappa shape index (κ2) is 7.18. The Morgan fingerprint density at radius 1 is 1.63 bits per heavy atom. The maximum absolute atomic E-state index is 6.39. The number of hydrogen-bond donors (Lipinski definition) is 1. The molecule has 19 heavy (non-hydrogen) atoms. The van der Waals surface area contributed by atoms with E-state index in [1.54, 1.807) is 11.3 Å². The first kappa shape index (κ1) is 15.4. The lowest BCUT2D eigenvalue weighted by molar-refractivity contribution is 0.0579. The molecule has 1 aliphatic heterocycles. The van der Waals surface area contributed by atoms with E-state index >= 15 is 0 Å². The third-order valence-corrected chi connectivity index (χ3v) is 5.40. The van der Waals surface area contributed by atoms with E-state index in [2.05, 4.69) is 46.1 Å². The van der Waals surface area contributed by atoms with Crippen LogP contribution in [0, 0.1) is 0 Å². The zero-order valence-corrected chi connectivity index (χ0v) is 14.0. The maximum atomic E-state index is 6.39. The Labute approximate surface area is 128 Å². The molecule has 2 heterocycles. The van der Waals surface area contributed by atoms with Crippen molar-refractivity contribution in [3.63, 3.8) is 0 Å². The van der Waals surface area contributed by atoms with Crippen LogP contribution in [-0.4, -0.2) is 36.7 Å². The van der Waals surface area contributed by atoms with Crippen LogP contribution in [0.3, 0.4) is 0 Å². The van der Waals surface area contributed by atoms with Gasteiger partial charge in [-0.25, -0.2) is 0 Å². The van der Waals surface area contributed by atoms with Crippen molar-refractivity contribution in [3.05, 3.63) is 20.8 Å². The molecule has 5 heteroatoms. The van der Waals surface area contributed by atoms with Gasteiger partial charge in [0.25, 0.3) is 0 Å². The molecule has 3 unspecified atom stereocenters. The fourth-order valence-corrected chi connectivity index (χ4v) is 4.30. The van der Waals surface area contributed by atoms with Crippen molar-refractivity contribution in [1.29, 1.82) is 0 Å². The molecule has 2 rings (SSSR count). The van der Waals surface area contributed by atoms with Crippen LogP contribution < -0.4 is 5.73 Å². The van der Waals surface area contributed by atoms with E-state index in [4.69, 9.17) is 10.5 Å². The third-order valence-electron chi connectivity index (χ3n) is 3.63. The van der Waals surface area contributed by atoms with Crippen LogP contribution in [0.25, 0.3) is 0 Å². The molecule has 1 aliphatic rings. The van der Waals surface area contributed by atoms with Crippen molar-refractivity contribution in [2.24, 2.45) is 5.73 Å². The van der Waals surface area contributed by atoms with Crippen molar-refractivity contribution in [3.8, 4) is 0 Å². The monoisotopic (exact) mass is 346 g/mol. The van der Waals surface area contributed by atoms with Crippen molar-refractivity contribution in [2.45, 2.75) is 44.9 Å². The van der Waals surface area contributed by atoms with Crippen LogP contribution in [0.4, 0.5) is 0 Å². The number of nitrogens with zero attached hydrogens (tertiary/aromatic N) is 1. The Kier molecular flexibility index (Phi) is 5.84. The molecule has 0 amide bonds. The molecule has 0 radical (unpaired) electrons. The molecule has 0 saturated carbocycles. The lowest BCUT2D eigenvalue weighted by Crippen LogP contribution is -2.43. The first-order valence-corrected chi connectivity index (χ1v) is 8.64. The summed E-state index contributed by atoms with van der Waals surface area (Å²) in [4.78, 5) is 3.86. The minimum Gasteiger partial charge on any atom is -0.377 e. The van der Waals surface area contributed by atoms with E-state index in [9.17, 15) is 0 Å². The number of rotatable bonds is 4. The largest absolute Gasteiger partial charge is 0.377 e. The second-order valence-electron chi connectivity index (χ2n) is 5.21. The molecule has 0 aromatic carbocycles. The van der Waals surface area contributed by atoms with Crippen molar-refractivity contribution < 1.29 is 4.74 Å². The summed E-state index contributed by atoms with van der Waals surface area (Å²) in [6.45, 7) is 7.21. The highest BCUT2D eigenvalue weighted by Crippen LogP contribution is 2.33. The van der Waals surface area contributed by atoms with Crippen LogP contribution in [0.15, 0.2) is 15.9 Å². The van der Waals surface area contributed by atoms with Crippen molar-refractivity contribution >= 4 is 27.3 Å². The summed E-state index contributed by atoms with van der Waals surface area (Å²) in [5, 5.41) is 2.14. The van der Waals surface area contributed by atoms with Crippen molar-refractivity contribution in [1.82, 2.24) is 4.90 Å². The molecule has 108 valence electrons. The van der Waals surface area contributed by atoms with E-state index < -0.39 is 0 Å². The lowest BCUT2D eigenvalue weighted by atomic mass is 10.0. The number of thiophene rings is 1. The first-order chi connectivity index (χ1) is 9.11. The summed E-state index contributed by atoms with van der Waals surface area (Å²) in [6, 6.07) is 2.70. The molecule has 3 nitrogen and oxygen atoms in total. The quantitative estimate of drug-likeness (QED) is 0.907. The van der Waals surface area contributed by atoms with Gasteiger partial charge in [0.05, 0.1) is 12.1 Å². The van der Waals surface area contributed by atoms with E-state index in [1.165, 1.54) is 4.88 Å². The Morgan fingerprint density at radius 2 is 2.42 bits per heavy atom. The van der Waals surface area contributed by atoms with Crippen LogP contribution in [0.5, 0.6) is 0 Å². The van der Waals surface area contributed by atoms with Crippen LogP contribution in [-0.2, 0) is 4.74 Å². The summed E-state index contributed by atoms with van der Waals surface area (Å²) >= 11 is 5.34. The number of ether oxygens (including phenoxy) is 1. The highest BCUT2D eigenvalue weighted by atomic mass is 79.9. The predicted molar refractivity (Wildman–Crippen MR) is 84.6 cm³/mol. The van der Waals surface area contributed by atoms with Crippen molar-refractivity contribution in [2.75, 3.05) is 19.7 Å². The second-order valence-corrected chi connectivity index (χ2v) is 7.07. The summed E-state index contributed by atoms with van der Waals surface area (Å²) < 4.78 is 6.90. The lowest BCUT2D eigenvalue weighted by Gasteiger charge is -2.34. The van der Waals surface area contributed by atoms with Gasteiger partial charge in [-0.1, -0.05) is 6.92 Å². The third kappa shape index (κ3) is 4.02. The standard InChI is InChI=1S/C14H23BrN2OS/c1-3-12(16)14(13-7-11(15)9-19-13)17-5-4-6-18-10(2)8-17/h7,9-10,12,14H,3-6,8,16H2,1-2H3. The average molecular weight is 347 g/mol. The Balaban J connectivity index is 2.21. The van der Waals surface area contributed by atoms with Gasteiger partial charge in [-0.15, -0.1) is 11.3 Å². The van der Waals surface area contributed by atoms with E-state index in [0.717, 1.165) is 37.0 Å². The molecule has 0 bridgehead atoms. The minimum atomic E-state index is 0.177. The highest BCUT2D eigenvalue weighted by Gasteiger charge is 2.29. The zero-order valence-electron chi connectivity index (χ0n) is 11.6. The normalized spacial score (nSPS) is 24.9. The smallest absolute Gasteiger partial charge is 0.0674 e. The molecule has 1 aromatic heterocycles. The van der Waals surface area contributed by atoms with Gasteiger partial charge < -0.3 is 10.5 Å². The van der Waals surface area contributed by atoms with E-state index in [-0.39, 0.29) is 12.1 Å². The summed E-state index contributed by atoms with van der Waals surface area (Å²) in [5.41, 5.74) is 6.39. The zero-order chi connectivity index (χ0) is 13.8. The molecular formula is C14H23BrN2OS. The minimum absolute atomic E-state index is 0.177. The number of nitrogens with two attached hydrogens (primary N) is 1. The molecular weight excluding hydrogens is 324 g/mol. The highest BCUT2D eigenvalue weighted by molar-refractivity contribution is 9.10. The fraction of sp³-hybridized carbons (Fsp3) is 0.714. The summed E-state index contributed by atoms with van der Waals surface area (Å²) in [6.07, 6.45) is 2.37. The molecule has 1 saturated heterocycles. The Bertz CT molecular complexity index is 399. The van der Waals surface area contributed by atoms with Gasteiger partial charge in [-0.3, -0.25) is 4.90 Å². The first-order valence-electron chi connectivity index (χ1n) is 6.97. The van der Waals surface area contributed by atoms with Crippen LogP contribution in [0.2, 0.25) is 0 Å².